The second-order valence-corrected chi connectivity index (χ2v) is 6.97. The molecular formula is C13H12BrClN2OS. The topological polar surface area (TPSA) is 55.1 Å². The fourth-order valence-corrected chi connectivity index (χ4v) is 3.39. The Morgan fingerprint density at radius 2 is 2.16 bits per heavy atom. The van der Waals surface area contributed by atoms with E-state index in [1.807, 2.05) is 6.07 Å². The van der Waals surface area contributed by atoms with Gasteiger partial charge < -0.3 is 11.1 Å². The summed E-state index contributed by atoms with van der Waals surface area (Å²) < 4.78 is 1.10. The highest BCUT2D eigenvalue weighted by atomic mass is 79.9. The Labute approximate surface area is 128 Å². The minimum Gasteiger partial charge on any atom is -0.378 e. The van der Waals surface area contributed by atoms with Crippen molar-refractivity contribution in [3.8, 4) is 0 Å². The van der Waals surface area contributed by atoms with Crippen molar-refractivity contribution in [1.82, 2.24) is 0 Å². The third-order valence-corrected chi connectivity index (χ3v) is 4.76. The van der Waals surface area contributed by atoms with Gasteiger partial charge in [0.1, 0.15) is 0 Å². The SMILES string of the molecule is CC(Nc1ccc(C(N)=O)c(Cl)c1)c1ccc(Br)s1. The maximum Gasteiger partial charge on any atom is 0.250 e. The predicted molar refractivity (Wildman–Crippen MR) is 84.0 cm³/mol. The smallest absolute Gasteiger partial charge is 0.250 e. The van der Waals surface area contributed by atoms with Crippen LogP contribution in [0.25, 0.3) is 0 Å². The van der Waals surface area contributed by atoms with E-state index in [9.17, 15) is 4.79 Å². The van der Waals surface area contributed by atoms with Crippen LogP contribution in [0, 0.1) is 0 Å². The maximum atomic E-state index is 11.1. The van der Waals surface area contributed by atoms with E-state index in [2.05, 4.69) is 34.2 Å². The van der Waals surface area contributed by atoms with Gasteiger partial charge in [0.25, 0.3) is 0 Å². The van der Waals surface area contributed by atoms with Crippen LogP contribution in [0.5, 0.6) is 0 Å². The molecule has 0 aliphatic rings. The summed E-state index contributed by atoms with van der Waals surface area (Å²) in [4.78, 5) is 12.3. The molecule has 1 atom stereocenters. The molecule has 0 saturated heterocycles. The van der Waals surface area contributed by atoms with Crippen LogP contribution in [-0.4, -0.2) is 5.91 Å². The van der Waals surface area contributed by atoms with Gasteiger partial charge in [0, 0.05) is 10.6 Å². The van der Waals surface area contributed by atoms with Gasteiger partial charge in [-0.15, -0.1) is 11.3 Å². The van der Waals surface area contributed by atoms with E-state index in [-0.39, 0.29) is 6.04 Å². The zero-order valence-corrected chi connectivity index (χ0v) is 13.3. The zero-order chi connectivity index (χ0) is 14.0. The van der Waals surface area contributed by atoms with E-state index in [4.69, 9.17) is 17.3 Å². The first kappa shape index (κ1) is 14.4. The van der Waals surface area contributed by atoms with Crippen LogP contribution in [0.1, 0.15) is 28.2 Å². The summed E-state index contributed by atoms with van der Waals surface area (Å²) in [6, 6.07) is 9.37. The van der Waals surface area contributed by atoms with Crippen LogP contribution in [0.15, 0.2) is 34.1 Å². The van der Waals surface area contributed by atoms with Crippen molar-refractivity contribution < 1.29 is 4.79 Å². The van der Waals surface area contributed by atoms with Gasteiger partial charge in [-0.1, -0.05) is 11.6 Å². The lowest BCUT2D eigenvalue weighted by Gasteiger charge is -2.14. The first-order chi connectivity index (χ1) is 8.97. The number of primary amides is 1. The summed E-state index contributed by atoms with van der Waals surface area (Å²) >= 11 is 11.1. The second kappa shape index (κ2) is 5.94. The lowest BCUT2D eigenvalue weighted by atomic mass is 10.2. The molecule has 1 heterocycles. The number of carbonyl (C=O) groups excluding carboxylic acids is 1. The van der Waals surface area contributed by atoms with Crippen molar-refractivity contribution >= 4 is 50.5 Å². The monoisotopic (exact) mass is 358 g/mol. The molecule has 0 fully saturated rings. The number of hydrogen-bond acceptors (Lipinski definition) is 3. The Bertz CT molecular complexity index is 614. The molecule has 1 unspecified atom stereocenters. The normalized spacial score (nSPS) is 12.2. The third kappa shape index (κ3) is 3.49. The first-order valence-corrected chi connectivity index (χ1v) is 7.57. The lowest BCUT2D eigenvalue weighted by Crippen LogP contribution is -2.12. The van der Waals surface area contributed by atoms with E-state index in [1.54, 1.807) is 29.5 Å². The maximum absolute atomic E-state index is 11.1. The molecule has 100 valence electrons. The van der Waals surface area contributed by atoms with Crippen LogP contribution in [0.4, 0.5) is 5.69 Å². The van der Waals surface area contributed by atoms with Crippen molar-refractivity contribution in [3.05, 3.63) is 49.6 Å². The Kier molecular flexibility index (Phi) is 4.50. The fraction of sp³-hybridized carbons (Fsp3) is 0.154. The largest absolute Gasteiger partial charge is 0.378 e. The summed E-state index contributed by atoms with van der Waals surface area (Å²) in [5, 5.41) is 3.69. The number of rotatable bonds is 4. The molecule has 3 nitrogen and oxygen atoms in total. The molecule has 1 aromatic carbocycles. The molecule has 0 radical (unpaired) electrons. The molecule has 6 heteroatoms. The molecule has 1 amide bonds. The Hall–Kier alpha value is -1.04. The molecule has 2 aromatic rings. The van der Waals surface area contributed by atoms with E-state index < -0.39 is 5.91 Å². The van der Waals surface area contributed by atoms with Crippen molar-refractivity contribution in [1.29, 1.82) is 0 Å². The van der Waals surface area contributed by atoms with Gasteiger partial charge in [0.05, 0.1) is 20.4 Å². The average Bonchev–Trinajstić information content (AvgIpc) is 2.75. The van der Waals surface area contributed by atoms with Crippen molar-refractivity contribution in [3.63, 3.8) is 0 Å². The molecule has 0 bridgehead atoms. The van der Waals surface area contributed by atoms with Crippen molar-refractivity contribution in [2.45, 2.75) is 13.0 Å². The summed E-state index contributed by atoms with van der Waals surface area (Å²) in [7, 11) is 0. The van der Waals surface area contributed by atoms with Gasteiger partial charge in [0.2, 0.25) is 5.91 Å². The Morgan fingerprint density at radius 1 is 1.42 bits per heavy atom. The number of thiophene rings is 1. The summed E-state index contributed by atoms with van der Waals surface area (Å²) in [6.45, 7) is 2.06. The van der Waals surface area contributed by atoms with Crippen LogP contribution in [0.2, 0.25) is 5.02 Å². The lowest BCUT2D eigenvalue weighted by molar-refractivity contribution is 0.100. The van der Waals surface area contributed by atoms with E-state index in [1.165, 1.54) is 4.88 Å². The van der Waals surface area contributed by atoms with Crippen molar-refractivity contribution in [2.75, 3.05) is 5.32 Å². The highest BCUT2D eigenvalue weighted by Gasteiger charge is 2.11. The Morgan fingerprint density at radius 3 is 2.68 bits per heavy atom. The summed E-state index contributed by atoms with van der Waals surface area (Å²) in [5.74, 6) is -0.521. The molecule has 0 saturated carbocycles. The number of anilines is 1. The van der Waals surface area contributed by atoms with Gasteiger partial charge in [0.15, 0.2) is 0 Å². The molecule has 1 aromatic heterocycles. The average molecular weight is 360 g/mol. The number of nitrogens with one attached hydrogen (secondary N) is 1. The first-order valence-electron chi connectivity index (χ1n) is 5.58. The van der Waals surface area contributed by atoms with Gasteiger partial charge >= 0.3 is 0 Å². The van der Waals surface area contributed by atoms with Gasteiger partial charge in [-0.3, -0.25) is 4.79 Å². The van der Waals surface area contributed by atoms with Crippen LogP contribution in [-0.2, 0) is 0 Å². The second-order valence-electron chi connectivity index (χ2n) is 4.07. The zero-order valence-electron chi connectivity index (χ0n) is 10.1. The molecule has 2 rings (SSSR count). The number of amides is 1. The molecule has 0 aliphatic heterocycles. The summed E-state index contributed by atoms with van der Waals surface area (Å²) in [5.41, 5.74) is 6.40. The summed E-state index contributed by atoms with van der Waals surface area (Å²) in [6.07, 6.45) is 0. The molecule has 19 heavy (non-hydrogen) atoms. The van der Waals surface area contributed by atoms with Crippen LogP contribution >= 0.6 is 38.9 Å². The number of hydrogen-bond donors (Lipinski definition) is 2. The number of halogens is 2. The van der Waals surface area contributed by atoms with E-state index in [0.29, 0.717) is 10.6 Å². The quantitative estimate of drug-likeness (QED) is 0.848. The van der Waals surface area contributed by atoms with Gasteiger partial charge in [-0.05, 0) is 53.2 Å². The van der Waals surface area contributed by atoms with Crippen molar-refractivity contribution in [2.24, 2.45) is 5.73 Å². The van der Waals surface area contributed by atoms with Crippen LogP contribution in [0.3, 0.4) is 0 Å². The molecule has 0 spiro atoms. The minimum atomic E-state index is -0.521. The standard InChI is InChI=1S/C13H12BrClN2OS/c1-7(11-4-5-12(14)19-11)17-8-2-3-9(13(16)18)10(15)6-8/h2-7,17H,1H3,(H2,16,18). The molecule has 0 aliphatic carbocycles. The highest BCUT2D eigenvalue weighted by Crippen LogP contribution is 2.30. The predicted octanol–water partition coefficient (Wildman–Crippen LogP) is 4.44. The highest BCUT2D eigenvalue weighted by molar-refractivity contribution is 9.11. The van der Waals surface area contributed by atoms with Gasteiger partial charge in [-0.2, -0.15) is 0 Å². The van der Waals surface area contributed by atoms with Crippen LogP contribution < -0.4 is 11.1 Å². The Balaban J connectivity index is 2.15. The third-order valence-electron chi connectivity index (χ3n) is 2.64. The van der Waals surface area contributed by atoms with E-state index in [0.717, 1.165) is 9.47 Å². The molecular weight excluding hydrogens is 348 g/mol. The van der Waals surface area contributed by atoms with E-state index >= 15 is 0 Å². The van der Waals surface area contributed by atoms with Gasteiger partial charge in [-0.25, -0.2) is 0 Å². The fourth-order valence-electron chi connectivity index (χ4n) is 1.69. The minimum absolute atomic E-state index is 0.159. The number of nitrogens with two attached hydrogens (primary N) is 1. The number of benzene rings is 1. The number of carbonyl (C=O) groups is 1. The molecule has 3 N–H and O–H groups in total.